The summed E-state index contributed by atoms with van der Waals surface area (Å²) in [4.78, 5) is 12.1. The van der Waals surface area contributed by atoms with Gasteiger partial charge in [0.2, 0.25) is 0 Å². The van der Waals surface area contributed by atoms with Crippen LogP contribution in [-0.4, -0.2) is 19.5 Å². The van der Waals surface area contributed by atoms with Crippen LogP contribution >= 0.6 is 22.9 Å². The van der Waals surface area contributed by atoms with Crippen molar-refractivity contribution in [2.75, 3.05) is 4.72 Å². The average molecular weight is 413 g/mol. The van der Waals surface area contributed by atoms with Gasteiger partial charge in [-0.1, -0.05) is 34.5 Å². The molecular weight excluding hydrogens is 400 g/mol. The second-order valence-electron chi connectivity index (χ2n) is 5.33. The number of aromatic nitrogens is 1. The summed E-state index contributed by atoms with van der Waals surface area (Å²) in [7, 11) is -4.11. The molecule has 7 nitrogen and oxygen atoms in total. The quantitative estimate of drug-likeness (QED) is 0.501. The van der Waals surface area contributed by atoms with Gasteiger partial charge in [0.1, 0.15) is 26.2 Å². The van der Waals surface area contributed by atoms with E-state index in [9.17, 15) is 13.2 Å². The number of carbonyl (C=O) groups is 1. The molecule has 0 aliphatic heterocycles. The van der Waals surface area contributed by atoms with Crippen molar-refractivity contribution in [2.45, 2.75) is 18.7 Å². The summed E-state index contributed by atoms with van der Waals surface area (Å²) in [6.07, 6.45) is 0. The molecule has 2 aromatic heterocycles. The number of hydrogen-bond donors (Lipinski definition) is 1. The molecule has 0 unspecified atom stereocenters. The van der Waals surface area contributed by atoms with E-state index in [1.54, 1.807) is 31.2 Å². The third-order valence-corrected chi connectivity index (χ3v) is 6.20. The normalized spacial score (nSPS) is 11.3. The zero-order valence-electron chi connectivity index (χ0n) is 13.6. The van der Waals surface area contributed by atoms with Gasteiger partial charge in [0.25, 0.3) is 15.9 Å². The molecule has 0 fully saturated rings. The highest BCUT2D eigenvalue weighted by Crippen LogP contribution is 2.30. The largest absolute Gasteiger partial charge is 0.422 e. The fourth-order valence-corrected chi connectivity index (χ4v) is 4.48. The fraction of sp³-hybridized carbons (Fsp3) is 0.125. The van der Waals surface area contributed by atoms with Gasteiger partial charge in [-0.2, -0.15) is 0 Å². The fourth-order valence-electron chi connectivity index (χ4n) is 2.02. The first-order valence-electron chi connectivity index (χ1n) is 7.29. The predicted octanol–water partition coefficient (Wildman–Crippen LogP) is 4.03. The lowest BCUT2D eigenvalue weighted by atomic mass is 10.2. The molecular formula is C16H13ClN2O5S2. The lowest BCUT2D eigenvalue weighted by Gasteiger charge is -2.07. The highest BCUT2D eigenvalue weighted by Gasteiger charge is 2.27. The van der Waals surface area contributed by atoms with E-state index in [4.69, 9.17) is 20.9 Å². The Morgan fingerprint density at radius 1 is 1.23 bits per heavy atom. The van der Waals surface area contributed by atoms with Crippen molar-refractivity contribution in [3.8, 4) is 5.75 Å². The van der Waals surface area contributed by atoms with E-state index < -0.39 is 16.0 Å². The average Bonchev–Trinajstić information content (AvgIpc) is 3.20. The van der Waals surface area contributed by atoms with Crippen LogP contribution in [0, 0.1) is 13.8 Å². The Morgan fingerprint density at radius 3 is 2.54 bits per heavy atom. The van der Waals surface area contributed by atoms with Crippen molar-refractivity contribution < 1.29 is 22.5 Å². The summed E-state index contributed by atoms with van der Waals surface area (Å²) in [6.45, 7) is 3.47. The van der Waals surface area contributed by atoms with Crippen LogP contribution in [0.4, 0.5) is 5.88 Å². The number of halogens is 1. The minimum atomic E-state index is -4.11. The molecule has 3 rings (SSSR count). The van der Waals surface area contributed by atoms with Crippen LogP contribution in [0.15, 0.2) is 45.1 Å². The Bertz CT molecular complexity index is 1050. The summed E-state index contributed by atoms with van der Waals surface area (Å²) in [5.74, 6) is -0.670. The Balaban J connectivity index is 1.86. The Hall–Kier alpha value is -2.36. The van der Waals surface area contributed by atoms with Crippen LogP contribution in [0.5, 0.6) is 5.75 Å². The molecule has 0 atom stereocenters. The van der Waals surface area contributed by atoms with Gasteiger partial charge in [-0.05, 0) is 37.4 Å². The number of carbonyl (C=O) groups excluding carboxylic acids is 1. The van der Waals surface area contributed by atoms with Crippen LogP contribution in [-0.2, 0) is 10.0 Å². The molecule has 1 N–H and O–H groups in total. The van der Waals surface area contributed by atoms with Gasteiger partial charge in [0, 0.05) is 0 Å². The zero-order valence-corrected chi connectivity index (χ0v) is 16.0. The maximum absolute atomic E-state index is 12.6. The van der Waals surface area contributed by atoms with Crippen molar-refractivity contribution >= 4 is 44.8 Å². The molecule has 2 heterocycles. The van der Waals surface area contributed by atoms with Crippen LogP contribution in [0.3, 0.4) is 0 Å². The van der Waals surface area contributed by atoms with Gasteiger partial charge in [0.15, 0.2) is 0 Å². The van der Waals surface area contributed by atoms with Gasteiger partial charge in [0.05, 0.1) is 0 Å². The number of aryl methyl sites for hydroxylation is 2. The number of anilines is 1. The Labute approximate surface area is 158 Å². The standard InChI is InChI=1S/C16H13ClN2O5S2/c1-9-3-5-11(6-4-9)23-16(20)14-12(7-8-25-14)26(21,22)19-15-13(17)10(2)18-24-15/h3-8,19H,1-2H3. The molecule has 0 amide bonds. The van der Waals surface area contributed by atoms with Crippen molar-refractivity contribution in [2.24, 2.45) is 0 Å². The number of hydrogen-bond acceptors (Lipinski definition) is 7. The van der Waals surface area contributed by atoms with E-state index in [0.29, 0.717) is 11.4 Å². The lowest BCUT2D eigenvalue weighted by molar-refractivity contribution is 0.0736. The van der Waals surface area contributed by atoms with E-state index in [-0.39, 0.29) is 20.7 Å². The highest BCUT2D eigenvalue weighted by atomic mass is 35.5. The smallest absolute Gasteiger partial charge is 0.355 e. The van der Waals surface area contributed by atoms with Gasteiger partial charge >= 0.3 is 5.97 Å². The number of esters is 1. The first-order chi connectivity index (χ1) is 12.3. The monoisotopic (exact) mass is 412 g/mol. The van der Waals surface area contributed by atoms with Crippen LogP contribution in [0.25, 0.3) is 0 Å². The van der Waals surface area contributed by atoms with Gasteiger partial charge in [-0.25, -0.2) is 17.9 Å². The SMILES string of the molecule is Cc1ccc(OC(=O)c2sccc2S(=O)(=O)Nc2onc(C)c2Cl)cc1. The van der Waals surface area contributed by atoms with E-state index in [2.05, 4.69) is 9.88 Å². The topological polar surface area (TPSA) is 98.5 Å². The van der Waals surface area contributed by atoms with Gasteiger partial charge < -0.3 is 9.26 Å². The zero-order chi connectivity index (χ0) is 18.9. The number of nitrogens with one attached hydrogen (secondary N) is 1. The van der Waals surface area contributed by atoms with Gasteiger partial charge in [-0.15, -0.1) is 11.3 Å². The van der Waals surface area contributed by atoms with Crippen molar-refractivity contribution in [1.29, 1.82) is 0 Å². The molecule has 26 heavy (non-hydrogen) atoms. The summed E-state index contributed by atoms with van der Waals surface area (Å²) < 4.78 is 37.5. The molecule has 0 saturated carbocycles. The molecule has 136 valence electrons. The lowest BCUT2D eigenvalue weighted by Crippen LogP contribution is -2.17. The van der Waals surface area contributed by atoms with E-state index in [1.807, 2.05) is 6.92 Å². The number of sulfonamides is 1. The van der Waals surface area contributed by atoms with Gasteiger partial charge in [-0.3, -0.25) is 0 Å². The maximum atomic E-state index is 12.6. The summed E-state index contributed by atoms with van der Waals surface area (Å²) in [5, 5.41) is 5.11. The number of thiophene rings is 1. The third-order valence-electron chi connectivity index (χ3n) is 3.35. The molecule has 0 bridgehead atoms. The number of benzene rings is 1. The molecule has 0 spiro atoms. The third kappa shape index (κ3) is 3.74. The number of ether oxygens (including phenoxy) is 1. The first-order valence-corrected chi connectivity index (χ1v) is 10.0. The van der Waals surface area contributed by atoms with E-state index >= 15 is 0 Å². The molecule has 3 aromatic rings. The summed E-state index contributed by atoms with van der Waals surface area (Å²) in [5.41, 5.74) is 1.35. The second-order valence-corrected chi connectivity index (χ2v) is 8.28. The minimum Gasteiger partial charge on any atom is -0.422 e. The van der Waals surface area contributed by atoms with Crippen LogP contribution in [0.1, 0.15) is 20.9 Å². The highest BCUT2D eigenvalue weighted by molar-refractivity contribution is 7.93. The molecule has 0 aliphatic carbocycles. The minimum absolute atomic E-state index is 0.0487. The second kappa shape index (κ2) is 7.10. The van der Waals surface area contributed by atoms with Crippen LogP contribution in [0.2, 0.25) is 5.02 Å². The molecule has 10 heteroatoms. The maximum Gasteiger partial charge on any atom is 0.355 e. The van der Waals surface area contributed by atoms with E-state index in [0.717, 1.165) is 16.9 Å². The molecule has 1 aromatic carbocycles. The Kier molecular flexibility index (Phi) is 5.03. The van der Waals surface area contributed by atoms with E-state index in [1.165, 1.54) is 11.4 Å². The molecule has 0 aliphatic rings. The predicted molar refractivity (Wildman–Crippen MR) is 97.5 cm³/mol. The van der Waals surface area contributed by atoms with Crippen molar-refractivity contribution in [1.82, 2.24) is 5.16 Å². The molecule has 0 saturated heterocycles. The number of rotatable bonds is 5. The van der Waals surface area contributed by atoms with Crippen molar-refractivity contribution in [3.63, 3.8) is 0 Å². The van der Waals surface area contributed by atoms with Crippen molar-refractivity contribution in [3.05, 3.63) is 56.9 Å². The summed E-state index contributed by atoms with van der Waals surface area (Å²) >= 11 is 6.88. The first kappa shape index (κ1) is 18.4. The Morgan fingerprint density at radius 2 is 1.92 bits per heavy atom. The molecule has 0 radical (unpaired) electrons. The van der Waals surface area contributed by atoms with Crippen LogP contribution < -0.4 is 9.46 Å². The number of nitrogens with zero attached hydrogens (tertiary/aromatic N) is 1. The summed E-state index contributed by atoms with van der Waals surface area (Å²) in [6, 6.07) is 8.12.